The molecule has 0 radical (unpaired) electrons. The summed E-state index contributed by atoms with van der Waals surface area (Å²) in [6, 6.07) is 94.5. The highest BCUT2D eigenvalue weighted by molar-refractivity contribution is 7.27. The summed E-state index contributed by atoms with van der Waals surface area (Å²) >= 11 is 7.56. The van der Waals surface area contributed by atoms with E-state index in [1.807, 2.05) is 45.3 Å². The van der Waals surface area contributed by atoms with Crippen LogP contribution in [0.5, 0.6) is 0 Å². The molecular formula is C70H42N2S4. The third-order valence-corrected chi connectivity index (χ3v) is 19.8. The highest BCUT2D eigenvalue weighted by Gasteiger charge is 2.24. The first-order valence-corrected chi connectivity index (χ1v) is 28.9. The maximum Gasteiger partial charge on any atom is 0.0476 e. The molecule has 2 nitrogen and oxygen atoms in total. The van der Waals surface area contributed by atoms with Gasteiger partial charge in [-0.3, -0.25) is 0 Å². The molecule has 0 saturated carbocycles. The minimum absolute atomic E-state index is 1.13. The van der Waals surface area contributed by atoms with E-state index < -0.39 is 0 Å². The predicted molar refractivity (Wildman–Crippen MR) is 336 cm³/mol. The lowest BCUT2D eigenvalue weighted by molar-refractivity contribution is 1.30. The van der Waals surface area contributed by atoms with Gasteiger partial charge in [0.15, 0.2) is 0 Å². The fraction of sp³-hybridized carbons (Fsp3) is 0. The van der Waals surface area contributed by atoms with Crippen molar-refractivity contribution in [1.29, 1.82) is 0 Å². The molecule has 12 aromatic carbocycles. The normalized spacial score (nSPS) is 11.9. The van der Waals surface area contributed by atoms with Gasteiger partial charge in [-0.05, 0) is 119 Å². The minimum atomic E-state index is 1.13. The fourth-order valence-corrected chi connectivity index (χ4v) is 16.7. The van der Waals surface area contributed by atoms with Gasteiger partial charge in [-0.2, -0.15) is 0 Å². The standard InChI is InChI=1S/C70H42N2S4/c1-5-17-43(18-6-1)67-57-41-60-56-36-32-50(72(46-23-11-4-12-24-46)48-30-34-54-52-26-14-16-28-62(52)74-64(54)38-48)40-66(56)76-70(60)68(44-19-7-2-8-20-44)58(57)42-59-55-35-31-49(39-65(55)75-69(59)67)71(45-21-9-3-10-22-45)47-29-33-53-51-25-13-15-27-61(51)73-63(53)37-47/h1-42H. The Morgan fingerprint density at radius 3 is 0.882 bits per heavy atom. The van der Waals surface area contributed by atoms with Crippen LogP contribution in [0.15, 0.2) is 255 Å². The zero-order chi connectivity index (χ0) is 49.8. The van der Waals surface area contributed by atoms with Crippen LogP contribution in [-0.2, 0) is 0 Å². The Labute approximate surface area is 454 Å². The third kappa shape index (κ3) is 6.96. The lowest BCUT2D eigenvalue weighted by atomic mass is 9.89. The van der Waals surface area contributed by atoms with E-state index in [1.165, 1.54) is 114 Å². The summed E-state index contributed by atoms with van der Waals surface area (Å²) in [7, 11) is 0. The van der Waals surface area contributed by atoms with Crippen LogP contribution in [0.25, 0.3) is 114 Å². The number of benzene rings is 12. The zero-order valence-electron chi connectivity index (χ0n) is 40.8. The Balaban J connectivity index is 0.909. The van der Waals surface area contributed by atoms with E-state index in [2.05, 4.69) is 265 Å². The number of nitrogens with zero attached hydrogens (tertiary/aromatic N) is 2. The Morgan fingerprint density at radius 1 is 0.197 bits per heavy atom. The van der Waals surface area contributed by atoms with Gasteiger partial charge in [0, 0.05) is 126 Å². The maximum absolute atomic E-state index is 2.51. The van der Waals surface area contributed by atoms with E-state index in [1.54, 1.807) is 0 Å². The largest absolute Gasteiger partial charge is 0.310 e. The molecule has 4 aromatic heterocycles. The number of rotatable bonds is 8. The van der Waals surface area contributed by atoms with Gasteiger partial charge < -0.3 is 9.80 Å². The number of hydrogen-bond acceptors (Lipinski definition) is 6. The van der Waals surface area contributed by atoms with Crippen LogP contribution in [0.3, 0.4) is 0 Å². The van der Waals surface area contributed by atoms with Gasteiger partial charge in [0.05, 0.1) is 0 Å². The summed E-state index contributed by atoms with van der Waals surface area (Å²) in [5.41, 5.74) is 11.9. The van der Waals surface area contributed by atoms with E-state index in [0.717, 1.165) is 34.1 Å². The van der Waals surface area contributed by atoms with Crippen molar-refractivity contribution in [1.82, 2.24) is 0 Å². The summed E-state index contributed by atoms with van der Waals surface area (Å²) < 4.78 is 10.3. The number of hydrogen-bond donors (Lipinski definition) is 0. The summed E-state index contributed by atoms with van der Waals surface area (Å²) in [6.07, 6.45) is 0. The molecule has 0 spiro atoms. The van der Waals surface area contributed by atoms with E-state index in [4.69, 9.17) is 0 Å². The fourth-order valence-electron chi connectivity index (χ4n) is 11.8. The summed E-state index contributed by atoms with van der Waals surface area (Å²) in [4.78, 5) is 4.84. The van der Waals surface area contributed by atoms with Crippen molar-refractivity contribution in [3.05, 3.63) is 255 Å². The number of fused-ring (bicyclic) bond motifs is 13. The van der Waals surface area contributed by atoms with Crippen LogP contribution in [0.2, 0.25) is 0 Å². The van der Waals surface area contributed by atoms with Gasteiger partial charge in [0.25, 0.3) is 0 Å². The highest BCUT2D eigenvalue weighted by atomic mass is 32.1. The third-order valence-electron chi connectivity index (χ3n) is 15.2. The first kappa shape index (κ1) is 43.7. The predicted octanol–water partition coefficient (Wildman–Crippen LogP) is 22.6. The Hall–Kier alpha value is -8.62. The summed E-state index contributed by atoms with van der Waals surface area (Å²) in [5, 5.41) is 12.9. The molecule has 0 aliphatic heterocycles. The van der Waals surface area contributed by atoms with E-state index in [-0.39, 0.29) is 0 Å². The molecule has 0 aliphatic carbocycles. The average molecular weight is 1040 g/mol. The van der Waals surface area contributed by atoms with Crippen molar-refractivity contribution >= 4 is 171 Å². The molecule has 6 heteroatoms. The molecule has 4 heterocycles. The maximum atomic E-state index is 2.51. The Kier molecular flexibility index (Phi) is 10.1. The summed E-state index contributed by atoms with van der Waals surface area (Å²) in [5.74, 6) is 0. The SMILES string of the molecule is c1ccc(-c2c3cc4c(sc5cc(N(c6ccccc6)c6ccc7c(c6)sc6ccccc67)ccc54)c(-c4ccccc4)c3cc3c2sc2cc(N(c4ccccc4)c4ccc5c(c4)sc4ccccc45)ccc23)cc1. The second kappa shape index (κ2) is 17.5. The lowest BCUT2D eigenvalue weighted by Gasteiger charge is -2.25. The molecule has 0 unspecified atom stereocenters. The molecule has 0 bridgehead atoms. The first-order valence-electron chi connectivity index (χ1n) is 25.6. The van der Waals surface area contributed by atoms with Gasteiger partial charge in [0.1, 0.15) is 0 Å². The van der Waals surface area contributed by atoms with Crippen LogP contribution in [-0.4, -0.2) is 0 Å². The monoisotopic (exact) mass is 1040 g/mol. The number of para-hydroxylation sites is 2. The zero-order valence-corrected chi connectivity index (χ0v) is 44.0. The highest BCUT2D eigenvalue weighted by Crippen LogP contribution is 2.53. The van der Waals surface area contributed by atoms with Crippen molar-refractivity contribution in [2.75, 3.05) is 9.80 Å². The van der Waals surface area contributed by atoms with Crippen molar-refractivity contribution in [2.45, 2.75) is 0 Å². The van der Waals surface area contributed by atoms with Gasteiger partial charge in [0.2, 0.25) is 0 Å². The van der Waals surface area contributed by atoms with Crippen molar-refractivity contribution < 1.29 is 0 Å². The quantitative estimate of drug-likeness (QED) is 0.150. The van der Waals surface area contributed by atoms with Crippen molar-refractivity contribution in [3.63, 3.8) is 0 Å². The molecule has 0 aliphatic rings. The van der Waals surface area contributed by atoms with Crippen molar-refractivity contribution in [3.8, 4) is 22.3 Å². The molecule has 0 saturated heterocycles. The molecule has 0 N–H and O–H groups in total. The second-order valence-corrected chi connectivity index (χ2v) is 23.8. The smallest absolute Gasteiger partial charge is 0.0476 e. The van der Waals surface area contributed by atoms with Gasteiger partial charge in [-0.15, -0.1) is 45.3 Å². The molecule has 16 aromatic rings. The number of anilines is 6. The number of thiophene rings is 4. The van der Waals surface area contributed by atoms with Crippen LogP contribution in [0, 0.1) is 0 Å². The van der Waals surface area contributed by atoms with Crippen molar-refractivity contribution in [2.24, 2.45) is 0 Å². The second-order valence-electron chi connectivity index (χ2n) is 19.5. The molecular weight excluding hydrogens is 997 g/mol. The van der Waals surface area contributed by atoms with Crippen LogP contribution >= 0.6 is 45.3 Å². The van der Waals surface area contributed by atoms with Gasteiger partial charge in [-0.1, -0.05) is 158 Å². The van der Waals surface area contributed by atoms with E-state index >= 15 is 0 Å². The molecule has 76 heavy (non-hydrogen) atoms. The van der Waals surface area contributed by atoms with Gasteiger partial charge >= 0.3 is 0 Å². The van der Waals surface area contributed by atoms with Crippen LogP contribution in [0.4, 0.5) is 34.1 Å². The molecule has 0 amide bonds. The minimum Gasteiger partial charge on any atom is -0.310 e. The van der Waals surface area contributed by atoms with E-state index in [0.29, 0.717) is 0 Å². The summed E-state index contributed by atoms with van der Waals surface area (Å²) in [6.45, 7) is 0. The average Bonchev–Trinajstić information content (AvgIpc) is 4.25. The molecule has 16 rings (SSSR count). The first-order chi connectivity index (χ1) is 37.7. The Bertz CT molecular complexity index is 4620. The van der Waals surface area contributed by atoms with Crippen LogP contribution < -0.4 is 9.80 Å². The molecule has 0 atom stereocenters. The Morgan fingerprint density at radius 2 is 0.500 bits per heavy atom. The van der Waals surface area contributed by atoms with Gasteiger partial charge in [-0.25, -0.2) is 0 Å². The molecule has 0 fully saturated rings. The lowest BCUT2D eigenvalue weighted by Crippen LogP contribution is -2.09. The molecule has 356 valence electrons. The van der Waals surface area contributed by atoms with E-state index in [9.17, 15) is 0 Å². The topological polar surface area (TPSA) is 6.48 Å². The van der Waals surface area contributed by atoms with Crippen LogP contribution in [0.1, 0.15) is 0 Å².